The molecule has 4 aromatic rings. The molecule has 2 N–H and O–H groups in total. The Morgan fingerprint density at radius 1 is 0.970 bits per heavy atom. The van der Waals surface area contributed by atoms with E-state index in [4.69, 9.17) is 4.98 Å². The molecule has 168 valence electrons. The second kappa shape index (κ2) is 9.42. The molecule has 0 aliphatic carbocycles. The van der Waals surface area contributed by atoms with Crippen LogP contribution in [-0.4, -0.2) is 58.3 Å². The van der Waals surface area contributed by atoms with Gasteiger partial charge in [-0.3, -0.25) is 5.10 Å². The smallest absolute Gasteiger partial charge is 0.227 e. The van der Waals surface area contributed by atoms with Crippen LogP contribution < -0.4 is 10.2 Å². The number of piperazine rings is 1. The maximum atomic E-state index is 4.82. The van der Waals surface area contributed by atoms with E-state index in [0.29, 0.717) is 5.95 Å². The number of H-pyrrole nitrogens is 1. The van der Waals surface area contributed by atoms with E-state index < -0.39 is 0 Å². The van der Waals surface area contributed by atoms with Crippen LogP contribution in [0.2, 0.25) is 0 Å². The second-order valence-corrected chi connectivity index (χ2v) is 8.41. The van der Waals surface area contributed by atoms with Crippen molar-refractivity contribution in [3.63, 3.8) is 0 Å². The van der Waals surface area contributed by atoms with Gasteiger partial charge in [-0.25, -0.2) is 9.97 Å². The SMILES string of the molecule is CCc1ccc(-c2[nH]ncc2-c2ccnc(Nc3ccccc3N3CCN(C)CC3)n2)cc1. The summed E-state index contributed by atoms with van der Waals surface area (Å²) >= 11 is 0. The zero-order chi connectivity index (χ0) is 22.6. The van der Waals surface area contributed by atoms with E-state index in [1.807, 2.05) is 18.3 Å². The summed E-state index contributed by atoms with van der Waals surface area (Å²) in [5, 5.41) is 10.9. The normalized spacial score (nSPS) is 14.4. The van der Waals surface area contributed by atoms with Crippen molar-refractivity contribution < 1.29 is 0 Å². The molecule has 0 saturated carbocycles. The van der Waals surface area contributed by atoms with Crippen molar-refractivity contribution >= 4 is 17.3 Å². The van der Waals surface area contributed by atoms with Crippen molar-refractivity contribution in [3.05, 3.63) is 72.6 Å². The molecule has 0 bridgehead atoms. The highest BCUT2D eigenvalue weighted by Crippen LogP contribution is 2.31. The Morgan fingerprint density at radius 3 is 2.55 bits per heavy atom. The molecule has 0 radical (unpaired) electrons. The lowest BCUT2D eigenvalue weighted by molar-refractivity contribution is 0.313. The Labute approximate surface area is 194 Å². The Bertz CT molecular complexity index is 1210. The predicted molar refractivity (Wildman–Crippen MR) is 134 cm³/mol. The third-order valence-electron chi connectivity index (χ3n) is 6.22. The van der Waals surface area contributed by atoms with Gasteiger partial charge in [0.1, 0.15) is 0 Å². The Hall–Kier alpha value is -3.71. The zero-order valence-corrected chi connectivity index (χ0v) is 19.1. The predicted octanol–water partition coefficient (Wildman–Crippen LogP) is 4.59. The minimum absolute atomic E-state index is 0.572. The van der Waals surface area contributed by atoms with E-state index >= 15 is 0 Å². The van der Waals surface area contributed by atoms with Crippen molar-refractivity contribution in [1.82, 2.24) is 25.1 Å². The molecule has 5 rings (SSSR count). The molecule has 1 fully saturated rings. The van der Waals surface area contributed by atoms with Gasteiger partial charge < -0.3 is 15.1 Å². The van der Waals surface area contributed by atoms with Crippen LogP contribution in [0.25, 0.3) is 22.5 Å². The number of rotatable bonds is 6. The van der Waals surface area contributed by atoms with Crippen molar-refractivity contribution in [2.24, 2.45) is 0 Å². The van der Waals surface area contributed by atoms with Crippen LogP contribution in [0.1, 0.15) is 12.5 Å². The van der Waals surface area contributed by atoms with Crippen LogP contribution in [0.4, 0.5) is 17.3 Å². The number of aryl methyl sites for hydroxylation is 1. The van der Waals surface area contributed by atoms with E-state index in [1.165, 1.54) is 11.3 Å². The monoisotopic (exact) mass is 439 g/mol. The van der Waals surface area contributed by atoms with Gasteiger partial charge in [0.15, 0.2) is 0 Å². The van der Waals surface area contributed by atoms with Crippen LogP contribution in [0.15, 0.2) is 67.0 Å². The van der Waals surface area contributed by atoms with Gasteiger partial charge in [-0.05, 0) is 37.2 Å². The summed E-state index contributed by atoms with van der Waals surface area (Å²) in [6.45, 7) is 6.29. The van der Waals surface area contributed by atoms with Crippen molar-refractivity contribution in [2.75, 3.05) is 43.4 Å². The van der Waals surface area contributed by atoms with Crippen LogP contribution in [0, 0.1) is 0 Å². The number of aromatic nitrogens is 4. The molecular weight excluding hydrogens is 410 g/mol. The second-order valence-electron chi connectivity index (χ2n) is 8.41. The van der Waals surface area contributed by atoms with Gasteiger partial charge in [0.05, 0.1) is 29.0 Å². The molecular formula is C26H29N7. The summed E-state index contributed by atoms with van der Waals surface area (Å²) in [7, 11) is 2.17. The fourth-order valence-corrected chi connectivity index (χ4v) is 4.20. The van der Waals surface area contributed by atoms with Gasteiger partial charge in [-0.15, -0.1) is 0 Å². The number of nitrogens with zero attached hydrogens (tertiary/aromatic N) is 5. The first-order valence-electron chi connectivity index (χ1n) is 11.5. The average molecular weight is 440 g/mol. The Balaban J connectivity index is 1.41. The van der Waals surface area contributed by atoms with E-state index in [-0.39, 0.29) is 0 Å². The van der Waals surface area contributed by atoms with E-state index in [1.54, 1.807) is 6.20 Å². The number of benzene rings is 2. The minimum Gasteiger partial charge on any atom is -0.367 e. The molecule has 0 atom stereocenters. The van der Waals surface area contributed by atoms with Gasteiger partial charge >= 0.3 is 0 Å². The summed E-state index contributed by atoms with van der Waals surface area (Å²) < 4.78 is 0. The largest absolute Gasteiger partial charge is 0.367 e. The van der Waals surface area contributed by atoms with Crippen LogP contribution >= 0.6 is 0 Å². The molecule has 7 nitrogen and oxygen atoms in total. The minimum atomic E-state index is 0.572. The number of aromatic amines is 1. The van der Waals surface area contributed by atoms with Gasteiger partial charge in [0.2, 0.25) is 5.95 Å². The van der Waals surface area contributed by atoms with Gasteiger partial charge in [0.25, 0.3) is 0 Å². The first kappa shape index (κ1) is 21.2. The fourth-order valence-electron chi connectivity index (χ4n) is 4.20. The van der Waals surface area contributed by atoms with Crippen molar-refractivity contribution in [2.45, 2.75) is 13.3 Å². The summed E-state index contributed by atoms with van der Waals surface area (Å²) in [6.07, 6.45) is 4.64. The highest BCUT2D eigenvalue weighted by molar-refractivity contribution is 5.79. The average Bonchev–Trinajstić information content (AvgIpc) is 3.35. The Kier molecular flexibility index (Phi) is 6.04. The highest BCUT2D eigenvalue weighted by atomic mass is 15.3. The lowest BCUT2D eigenvalue weighted by Crippen LogP contribution is -2.44. The molecule has 2 aromatic heterocycles. The number of anilines is 3. The molecule has 2 aromatic carbocycles. The molecule has 1 saturated heterocycles. The molecule has 0 unspecified atom stereocenters. The highest BCUT2D eigenvalue weighted by Gasteiger charge is 2.18. The lowest BCUT2D eigenvalue weighted by Gasteiger charge is -2.35. The van der Waals surface area contributed by atoms with Gasteiger partial charge in [0, 0.05) is 43.5 Å². The third kappa shape index (κ3) is 4.59. The van der Waals surface area contributed by atoms with Crippen molar-refractivity contribution in [3.8, 4) is 22.5 Å². The van der Waals surface area contributed by atoms with E-state index in [2.05, 4.69) is 86.7 Å². The van der Waals surface area contributed by atoms with Crippen LogP contribution in [0.5, 0.6) is 0 Å². The standard InChI is InChI=1S/C26H29N7/c1-3-19-8-10-20(11-9-19)25-21(18-28-31-25)22-12-13-27-26(29-22)30-23-6-4-5-7-24(23)33-16-14-32(2)15-17-33/h4-13,18H,3,14-17H2,1-2H3,(H,28,31)(H,27,29,30). The maximum Gasteiger partial charge on any atom is 0.227 e. The molecule has 1 aliphatic rings. The summed E-state index contributed by atoms with van der Waals surface area (Å²) in [4.78, 5) is 14.1. The van der Waals surface area contributed by atoms with Crippen LogP contribution in [-0.2, 0) is 6.42 Å². The van der Waals surface area contributed by atoms with Crippen LogP contribution in [0.3, 0.4) is 0 Å². The zero-order valence-electron chi connectivity index (χ0n) is 19.1. The van der Waals surface area contributed by atoms with Crippen molar-refractivity contribution in [1.29, 1.82) is 0 Å². The Morgan fingerprint density at radius 2 is 1.76 bits per heavy atom. The first-order chi connectivity index (χ1) is 16.2. The maximum absolute atomic E-state index is 4.82. The number of nitrogens with one attached hydrogen (secondary N) is 2. The molecule has 7 heteroatoms. The van der Waals surface area contributed by atoms with Gasteiger partial charge in [-0.2, -0.15) is 5.10 Å². The lowest BCUT2D eigenvalue weighted by atomic mass is 10.0. The molecule has 0 amide bonds. The molecule has 33 heavy (non-hydrogen) atoms. The number of para-hydroxylation sites is 2. The third-order valence-corrected chi connectivity index (χ3v) is 6.22. The molecule has 3 heterocycles. The fraction of sp³-hybridized carbons (Fsp3) is 0.269. The summed E-state index contributed by atoms with van der Waals surface area (Å²) in [5.74, 6) is 0.572. The van der Waals surface area contributed by atoms with Gasteiger partial charge in [-0.1, -0.05) is 43.3 Å². The summed E-state index contributed by atoms with van der Waals surface area (Å²) in [6, 6.07) is 18.9. The number of hydrogen-bond acceptors (Lipinski definition) is 6. The van der Waals surface area contributed by atoms with E-state index in [9.17, 15) is 0 Å². The number of hydrogen-bond donors (Lipinski definition) is 2. The topological polar surface area (TPSA) is 73.0 Å². The summed E-state index contributed by atoms with van der Waals surface area (Å²) in [5.41, 5.74) is 7.34. The van der Waals surface area contributed by atoms with E-state index in [0.717, 1.165) is 60.8 Å². The number of likely N-dealkylation sites (N-methyl/N-ethyl adjacent to an activating group) is 1. The quantitative estimate of drug-likeness (QED) is 0.458. The molecule has 0 spiro atoms. The first-order valence-corrected chi connectivity index (χ1v) is 11.5. The molecule has 1 aliphatic heterocycles.